The summed E-state index contributed by atoms with van der Waals surface area (Å²) in [6.45, 7) is 0.719. The van der Waals surface area contributed by atoms with Crippen LogP contribution in [0.3, 0.4) is 0 Å². The van der Waals surface area contributed by atoms with Crippen LogP contribution in [0.4, 0.5) is 8.78 Å². The Morgan fingerprint density at radius 3 is 2.36 bits per heavy atom. The molecule has 0 aliphatic heterocycles. The molecule has 0 unspecified atom stereocenters. The van der Waals surface area contributed by atoms with Crippen molar-refractivity contribution in [3.8, 4) is 0 Å². The Kier molecular flexibility index (Phi) is 9.98. The molecule has 0 radical (unpaired) electrons. The predicted molar refractivity (Wildman–Crippen MR) is 57.2 cm³/mol. The number of aliphatic hydroxyl groups is 1. The van der Waals surface area contributed by atoms with Gasteiger partial charge in [0.2, 0.25) is 0 Å². The number of nitrogens with zero attached hydrogens (tertiary/aromatic N) is 1. The molecule has 0 heterocycles. The monoisotopic (exact) mass is 273 g/mol. The number of unbranched alkanes of at least 4 members (excludes halogenated alkanes) is 2. The second-order valence-corrected chi connectivity index (χ2v) is 3.96. The summed E-state index contributed by atoms with van der Waals surface area (Å²) in [6.07, 6.45) is 0.717. The summed E-state index contributed by atoms with van der Waals surface area (Å²) in [5.74, 6) is 0. The van der Waals surface area contributed by atoms with E-state index in [0.717, 1.165) is 24.6 Å². The van der Waals surface area contributed by atoms with Crippen molar-refractivity contribution in [3.05, 3.63) is 0 Å². The molecule has 1 N–H and O–H groups in total. The molecule has 0 rings (SSSR count). The third kappa shape index (κ3) is 8.84. The normalized spacial score (nSPS) is 11.6. The number of halogens is 3. The highest BCUT2D eigenvalue weighted by molar-refractivity contribution is 9.09. The van der Waals surface area contributed by atoms with Gasteiger partial charge in [-0.05, 0) is 19.4 Å². The van der Waals surface area contributed by atoms with Crippen LogP contribution >= 0.6 is 15.9 Å². The van der Waals surface area contributed by atoms with Gasteiger partial charge in [-0.1, -0.05) is 22.4 Å². The van der Waals surface area contributed by atoms with Gasteiger partial charge in [-0.25, -0.2) is 8.78 Å². The lowest BCUT2D eigenvalue weighted by molar-refractivity contribution is 0.0775. The Balaban J connectivity index is 3.51. The van der Waals surface area contributed by atoms with E-state index in [1.807, 2.05) is 0 Å². The second-order valence-electron chi connectivity index (χ2n) is 3.16. The standard InChI is InChI=1S/C9H18BrF2NO/c10-4-2-1-3-5-13(6-7-14)8-9(11)12/h9,14H,1-8H2. The zero-order valence-corrected chi connectivity index (χ0v) is 9.85. The van der Waals surface area contributed by atoms with Gasteiger partial charge in [-0.2, -0.15) is 0 Å². The number of aliphatic hydroxyl groups excluding tert-OH is 1. The van der Waals surface area contributed by atoms with E-state index < -0.39 is 6.43 Å². The van der Waals surface area contributed by atoms with Gasteiger partial charge in [0.25, 0.3) is 6.43 Å². The van der Waals surface area contributed by atoms with Crippen molar-refractivity contribution in [2.75, 3.05) is 31.6 Å². The Morgan fingerprint density at radius 2 is 1.86 bits per heavy atom. The van der Waals surface area contributed by atoms with Gasteiger partial charge < -0.3 is 5.11 Å². The summed E-state index contributed by atoms with van der Waals surface area (Å²) < 4.78 is 24.1. The summed E-state index contributed by atoms with van der Waals surface area (Å²) in [5.41, 5.74) is 0. The molecule has 5 heteroatoms. The highest BCUT2D eigenvalue weighted by atomic mass is 79.9. The van der Waals surface area contributed by atoms with Crippen LogP contribution in [0.25, 0.3) is 0 Å². The van der Waals surface area contributed by atoms with E-state index in [4.69, 9.17) is 5.11 Å². The predicted octanol–water partition coefficient (Wildman–Crippen LogP) is 2.11. The molecule has 0 fully saturated rings. The van der Waals surface area contributed by atoms with Crippen LogP contribution in [-0.4, -0.2) is 48.0 Å². The fourth-order valence-corrected chi connectivity index (χ4v) is 1.63. The zero-order chi connectivity index (χ0) is 10.8. The minimum absolute atomic E-state index is 0.0504. The average molecular weight is 274 g/mol. The van der Waals surface area contributed by atoms with Gasteiger partial charge in [0.1, 0.15) is 0 Å². The van der Waals surface area contributed by atoms with Gasteiger partial charge >= 0.3 is 0 Å². The average Bonchev–Trinajstić information content (AvgIpc) is 2.12. The third-order valence-corrected chi connectivity index (χ3v) is 2.48. The third-order valence-electron chi connectivity index (χ3n) is 1.92. The Labute approximate surface area is 92.4 Å². The lowest BCUT2D eigenvalue weighted by atomic mass is 10.2. The van der Waals surface area contributed by atoms with Crippen molar-refractivity contribution in [3.63, 3.8) is 0 Å². The van der Waals surface area contributed by atoms with Gasteiger partial charge in [-0.3, -0.25) is 4.90 Å². The molecule has 86 valence electrons. The number of rotatable bonds is 9. The van der Waals surface area contributed by atoms with Crippen LogP contribution in [0.15, 0.2) is 0 Å². The summed E-state index contributed by atoms with van der Waals surface area (Å²) in [5, 5.41) is 9.62. The quantitative estimate of drug-likeness (QED) is 0.514. The van der Waals surface area contributed by atoms with Crippen molar-refractivity contribution in [2.24, 2.45) is 0 Å². The van der Waals surface area contributed by atoms with Crippen LogP contribution < -0.4 is 0 Å². The molecule has 0 saturated heterocycles. The molecule has 0 aliphatic carbocycles. The molecule has 0 bridgehead atoms. The summed E-state index contributed by atoms with van der Waals surface area (Å²) >= 11 is 3.31. The fraction of sp³-hybridized carbons (Fsp3) is 1.00. The van der Waals surface area contributed by atoms with E-state index in [9.17, 15) is 8.78 Å². The molecule has 0 aromatic carbocycles. The largest absolute Gasteiger partial charge is 0.395 e. The van der Waals surface area contributed by atoms with Crippen LogP contribution in [0.1, 0.15) is 19.3 Å². The molecule has 2 nitrogen and oxygen atoms in total. The van der Waals surface area contributed by atoms with Crippen LogP contribution in [0.5, 0.6) is 0 Å². The number of alkyl halides is 3. The topological polar surface area (TPSA) is 23.5 Å². The molecule has 14 heavy (non-hydrogen) atoms. The minimum atomic E-state index is -2.31. The van der Waals surface area contributed by atoms with E-state index in [-0.39, 0.29) is 13.2 Å². The smallest absolute Gasteiger partial charge is 0.251 e. The highest BCUT2D eigenvalue weighted by Crippen LogP contribution is 2.03. The SMILES string of the molecule is OCCN(CCCCCBr)CC(F)F. The van der Waals surface area contributed by atoms with Gasteiger partial charge in [0.05, 0.1) is 13.2 Å². The number of hydrogen-bond acceptors (Lipinski definition) is 2. The summed E-state index contributed by atoms with van der Waals surface area (Å²) in [7, 11) is 0. The first kappa shape index (κ1) is 14.3. The van der Waals surface area contributed by atoms with Crippen LogP contribution in [-0.2, 0) is 0 Å². The first-order valence-corrected chi connectivity index (χ1v) is 6.00. The fourth-order valence-electron chi connectivity index (χ4n) is 1.24. The second kappa shape index (κ2) is 9.80. The van der Waals surface area contributed by atoms with E-state index >= 15 is 0 Å². The van der Waals surface area contributed by atoms with E-state index in [2.05, 4.69) is 15.9 Å². The molecule has 0 aromatic heterocycles. The van der Waals surface area contributed by atoms with Crippen molar-refractivity contribution in [1.82, 2.24) is 4.90 Å². The van der Waals surface area contributed by atoms with E-state index in [1.165, 1.54) is 0 Å². The molecule has 0 aromatic rings. The van der Waals surface area contributed by atoms with E-state index in [1.54, 1.807) is 4.90 Å². The van der Waals surface area contributed by atoms with Crippen molar-refractivity contribution >= 4 is 15.9 Å². The van der Waals surface area contributed by atoms with Crippen molar-refractivity contribution in [1.29, 1.82) is 0 Å². The van der Waals surface area contributed by atoms with Gasteiger partial charge in [0, 0.05) is 11.9 Å². The maximum absolute atomic E-state index is 12.1. The number of hydrogen-bond donors (Lipinski definition) is 1. The highest BCUT2D eigenvalue weighted by Gasteiger charge is 2.10. The lowest BCUT2D eigenvalue weighted by Gasteiger charge is -2.20. The van der Waals surface area contributed by atoms with Gasteiger partial charge in [-0.15, -0.1) is 0 Å². The zero-order valence-electron chi connectivity index (χ0n) is 8.26. The summed E-state index contributed by atoms with van der Waals surface area (Å²) in [6, 6.07) is 0. The maximum Gasteiger partial charge on any atom is 0.251 e. The maximum atomic E-state index is 12.1. The molecule has 0 aliphatic rings. The van der Waals surface area contributed by atoms with Crippen molar-refractivity contribution < 1.29 is 13.9 Å². The Morgan fingerprint density at radius 1 is 1.14 bits per heavy atom. The molecule has 0 atom stereocenters. The molecular formula is C9H18BrF2NO. The van der Waals surface area contributed by atoms with E-state index in [0.29, 0.717) is 13.1 Å². The first-order chi connectivity index (χ1) is 6.70. The summed E-state index contributed by atoms with van der Waals surface area (Å²) in [4.78, 5) is 1.61. The van der Waals surface area contributed by atoms with Crippen molar-refractivity contribution in [2.45, 2.75) is 25.7 Å². The molecule has 0 saturated carbocycles. The molecular weight excluding hydrogens is 256 g/mol. The van der Waals surface area contributed by atoms with Crippen LogP contribution in [0, 0.1) is 0 Å². The molecule has 0 amide bonds. The van der Waals surface area contributed by atoms with Gasteiger partial charge in [0.15, 0.2) is 0 Å². The Hall–Kier alpha value is 0.260. The first-order valence-electron chi connectivity index (χ1n) is 4.88. The minimum Gasteiger partial charge on any atom is -0.395 e. The lowest BCUT2D eigenvalue weighted by Crippen LogP contribution is -2.32. The Bertz CT molecular complexity index is 127. The van der Waals surface area contributed by atoms with Crippen LogP contribution in [0.2, 0.25) is 0 Å². The molecule has 0 spiro atoms.